The van der Waals surface area contributed by atoms with Crippen LogP contribution < -0.4 is 10.6 Å². The molecule has 4 heteroatoms. The smallest absolute Gasteiger partial charge is 0.242 e. The summed E-state index contributed by atoms with van der Waals surface area (Å²) >= 11 is 0. The molecule has 4 nitrogen and oxygen atoms in total. The highest BCUT2D eigenvalue weighted by Crippen LogP contribution is 2.18. The summed E-state index contributed by atoms with van der Waals surface area (Å²) in [6.07, 6.45) is 2.01. The van der Waals surface area contributed by atoms with Crippen LogP contribution in [0.2, 0.25) is 0 Å². The molecule has 2 atom stereocenters. The maximum absolute atomic E-state index is 12.5. The maximum Gasteiger partial charge on any atom is 0.242 e. The lowest BCUT2D eigenvalue weighted by atomic mass is 10.0. The van der Waals surface area contributed by atoms with Crippen LogP contribution in [-0.2, 0) is 22.4 Å². The van der Waals surface area contributed by atoms with E-state index in [2.05, 4.69) is 22.8 Å². The Kier molecular flexibility index (Phi) is 7.01. The van der Waals surface area contributed by atoms with Gasteiger partial charge in [-0.2, -0.15) is 0 Å². The molecule has 0 heterocycles. The quantitative estimate of drug-likeness (QED) is 0.612. The van der Waals surface area contributed by atoms with Crippen molar-refractivity contribution in [2.45, 2.75) is 45.2 Å². The Morgan fingerprint density at radius 3 is 2.31 bits per heavy atom. The van der Waals surface area contributed by atoms with E-state index >= 15 is 0 Å². The molecule has 0 spiro atoms. The molecule has 0 aliphatic rings. The number of aryl methyl sites for hydroxylation is 1. The first kappa shape index (κ1) is 20.6. The Labute approximate surface area is 172 Å². The van der Waals surface area contributed by atoms with Crippen molar-refractivity contribution in [1.82, 2.24) is 10.6 Å². The Balaban J connectivity index is 1.49. The minimum atomic E-state index is -0.573. The molecule has 3 aromatic rings. The summed E-state index contributed by atoms with van der Waals surface area (Å²) in [5.41, 5.74) is 2.22. The summed E-state index contributed by atoms with van der Waals surface area (Å²) < 4.78 is 0. The van der Waals surface area contributed by atoms with Gasteiger partial charge in [-0.1, -0.05) is 72.8 Å². The van der Waals surface area contributed by atoms with Gasteiger partial charge in [0.1, 0.15) is 6.04 Å². The Morgan fingerprint density at radius 2 is 1.52 bits per heavy atom. The molecule has 0 bridgehead atoms. The Morgan fingerprint density at radius 1 is 0.828 bits per heavy atom. The van der Waals surface area contributed by atoms with Crippen molar-refractivity contribution >= 4 is 22.6 Å². The van der Waals surface area contributed by atoms with E-state index in [1.165, 1.54) is 5.56 Å². The first-order chi connectivity index (χ1) is 14.0. The van der Waals surface area contributed by atoms with Crippen LogP contribution in [0.3, 0.4) is 0 Å². The van der Waals surface area contributed by atoms with Gasteiger partial charge in [-0.15, -0.1) is 0 Å². The molecule has 0 aliphatic heterocycles. The van der Waals surface area contributed by atoms with E-state index in [1.54, 1.807) is 6.92 Å². The van der Waals surface area contributed by atoms with Crippen molar-refractivity contribution in [1.29, 1.82) is 0 Å². The number of carbonyl (C=O) groups excluding carboxylic acids is 2. The van der Waals surface area contributed by atoms with Crippen LogP contribution in [0.4, 0.5) is 0 Å². The van der Waals surface area contributed by atoms with E-state index in [0.29, 0.717) is 0 Å². The lowest BCUT2D eigenvalue weighted by Gasteiger charge is -2.19. The van der Waals surface area contributed by atoms with Gasteiger partial charge in [-0.3, -0.25) is 9.59 Å². The van der Waals surface area contributed by atoms with Crippen LogP contribution in [0.25, 0.3) is 10.8 Å². The van der Waals surface area contributed by atoms with Crippen LogP contribution in [0.15, 0.2) is 72.8 Å². The number of benzene rings is 3. The lowest BCUT2D eigenvalue weighted by Crippen LogP contribution is -2.47. The molecular weight excluding hydrogens is 360 g/mol. The molecule has 150 valence electrons. The van der Waals surface area contributed by atoms with Crippen LogP contribution in [0.5, 0.6) is 0 Å². The van der Waals surface area contributed by atoms with Crippen LogP contribution >= 0.6 is 0 Å². The van der Waals surface area contributed by atoms with E-state index in [9.17, 15) is 9.59 Å². The van der Waals surface area contributed by atoms with E-state index in [0.717, 1.165) is 29.2 Å². The fraction of sp³-hybridized carbons (Fsp3) is 0.280. The van der Waals surface area contributed by atoms with Gasteiger partial charge >= 0.3 is 0 Å². The minimum Gasteiger partial charge on any atom is -0.352 e. The number of fused-ring (bicyclic) bond motifs is 1. The summed E-state index contributed by atoms with van der Waals surface area (Å²) in [6, 6.07) is 23.6. The van der Waals surface area contributed by atoms with E-state index in [1.807, 2.05) is 67.6 Å². The molecule has 0 aliphatic carbocycles. The van der Waals surface area contributed by atoms with Crippen molar-refractivity contribution in [2.75, 3.05) is 0 Å². The first-order valence-corrected chi connectivity index (χ1v) is 10.1. The van der Waals surface area contributed by atoms with Crippen LogP contribution in [-0.4, -0.2) is 23.9 Å². The predicted molar refractivity (Wildman–Crippen MR) is 118 cm³/mol. The van der Waals surface area contributed by atoms with Gasteiger partial charge in [0.05, 0.1) is 6.42 Å². The van der Waals surface area contributed by atoms with Crippen LogP contribution in [0.1, 0.15) is 31.4 Å². The molecule has 0 saturated carbocycles. The fourth-order valence-corrected chi connectivity index (χ4v) is 3.45. The molecular formula is C25H28N2O2. The zero-order valence-electron chi connectivity index (χ0n) is 17.0. The summed E-state index contributed by atoms with van der Waals surface area (Å²) in [6.45, 7) is 3.71. The molecule has 1 unspecified atom stereocenters. The van der Waals surface area contributed by atoms with Crippen molar-refractivity contribution in [3.8, 4) is 0 Å². The standard InChI is InChI=1S/C25H28N2O2/c1-18(15-16-20-9-4-3-5-10-20)26-25(29)19(2)27-24(28)17-22-13-8-12-21-11-6-7-14-23(21)22/h3-14,18-19H,15-17H2,1-2H3,(H,26,29)(H,27,28)/t18?,19-/m0/s1. The predicted octanol–water partition coefficient (Wildman–Crippen LogP) is 4.02. The largest absolute Gasteiger partial charge is 0.352 e. The summed E-state index contributed by atoms with van der Waals surface area (Å²) in [4.78, 5) is 24.9. The number of hydrogen-bond donors (Lipinski definition) is 2. The highest BCUT2D eigenvalue weighted by atomic mass is 16.2. The van der Waals surface area contributed by atoms with Crippen molar-refractivity contribution in [3.05, 3.63) is 83.9 Å². The molecule has 0 aromatic heterocycles. The third-order valence-corrected chi connectivity index (χ3v) is 5.10. The number of rotatable bonds is 8. The second kappa shape index (κ2) is 9.87. The highest BCUT2D eigenvalue weighted by Gasteiger charge is 2.18. The summed E-state index contributed by atoms with van der Waals surface area (Å²) in [5.74, 6) is -0.308. The zero-order chi connectivity index (χ0) is 20.6. The average molecular weight is 389 g/mol. The summed E-state index contributed by atoms with van der Waals surface area (Å²) in [5, 5.41) is 7.99. The molecule has 0 fully saturated rings. The lowest BCUT2D eigenvalue weighted by molar-refractivity contribution is -0.128. The van der Waals surface area contributed by atoms with Gasteiger partial charge < -0.3 is 10.6 Å². The SMILES string of the molecule is CC(CCc1ccccc1)NC(=O)[C@H](C)NC(=O)Cc1cccc2ccccc12. The van der Waals surface area contributed by atoms with Gasteiger partial charge in [0, 0.05) is 6.04 Å². The molecule has 0 radical (unpaired) electrons. The molecule has 29 heavy (non-hydrogen) atoms. The third kappa shape index (κ3) is 5.92. The molecule has 2 amide bonds. The van der Waals surface area contributed by atoms with Gasteiger partial charge in [-0.25, -0.2) is 0 Å². The second-order valence-electron chi connectivity index (χ2n) is 7.54. The number of hydrogen-bond acceptors (Lipinski definition) is 2. The number of nitrogens with one attached hydrogen (secondary N) is 2. The average Bonchev–Trinajstić information content (AvgIpc) is 2.73. The van der Waals surface area contributed by atoms with Gasteiger partial charge in [0.2, 0.25) is 11.8 Å². The zero-order valence-corrected chi connectivity index (χ0v) is 17.0. The maximum atomic E-state index is 12.5. The Bertz CT molecular complexity index is 963. The van der Waals surface area contributed by atoms with Crippen LogP contribution in [0, 0.1) is 0 Å². The van der Waals surface area contributed by atoms with Gasteiger partial charge in [0.25, 0.3) is 0 Å². The van der Waals surface area contributed by atoms with Gasteiger partial charge in [0.15, 0.2) is 0 Å². The summed E-state index contributed by atoms with van der Waals surface area (Å²) in [7, 11) is 0. The Hall–Kier alpha value is -3.14. The van der Waals surface area contributed by atoms with Gasteiger partial charge in [-0.05, 0) is 48.6 Å². The fourth-order valence-electron chi connectivity index (χ4n) is 3.45. The molecule has 3 aromatic carbocycles. The highest BCUT2D eigenvalue weighted by molar-refractivity contribution is 5.92. The van der Waals surface area contributed by atoms with Crippen molar-refractivity contribution < 1.29 is 9.59 Å². The number of amides is 2. The molecule has 0 saturated heterocycles. The molecule has 2 N–H and O–H groups in total. The molecule has 3 rings (SSSR count). The van der Waals surface area contributed by atoms with E-state index in [-0.39, 0.29) is 24.3 Å². The van der Waals surface area contributed by atoms with E-state index in [4.69, 9.17) is 0 Å². The number of carbonyl (C=O) groups is 2. The normalized spacial score (nSPS) is 12.9. The van der Waals surface area contributed by atoms with E-state index < -0.39 is 6.04 Å². The topological polar surface area (TPSA) is 58.2 Å². The van der Waals surface area contributed by atoms with Crippen molar-refractivity contribution in [2.24, 2.45) is 0 Å². The monoisotopic (exact) mass is 388 g/mol. The first-order valence-electron chi connectivity index (χ1n) is 10.1. The second-order valence-corrected chi connectivity index (χ2v) is 7.54. The third-order valence-electron chi connectivity index (χ3n) is 5.10. The van der Waals surface area contributed by atoms with Crippen molar-refractivity contribution in [3.63, 3.8) is 0 Å². The minimum absolute atomic E-state index is 0.0418.